The maximum atomic E-state index is 12.7. The SMILES string of the molecule is O=C(NC1CCC(C(=O)N2CCOCC2)CC1)c1cnc2cc(OC(F)F)c(Cl)cc2c1. The maximum absolute atomic E-state index is 12.7. The fraction of sp³-hybridized carbons (Fsp3) is 0.500. The molecular formula is C22H24ClF2N3O4. The predicted octanol–water partition coefficient (Wildman–Crippen LogP) is 3.64. The molecule has 0 spiro atoms. The minimum atomic E-state index is -2.99. The number of benzene rings is 1. The van der Waals surface area contributed by atoms with E-state index < -0.39 is 6.61 Å². The van der Waals surface area contributed by atoms with Crippen molar-refractivity contribution in [2.45, 2.75) is 38.3 Å². The fourth-order valence-electron chi connectivity index (χ4n) is 4.24. The molecule has 2 amide bonds. The van der Waals surface area contributed by atoms with E-state index in [0.717, 1.165) is 25.7 Å². The van der Waals surface area contributed by atoms with E-state index in [2.05, 4.69) is 15.0 Å². The first-order valence-electron chi connectivity index (χ1n) is 10.6. The molecule has 0 unspecified atom stereocenters. The van der Waals surface area contributed by atoms with Crippen molar-refractivity contribution >= 4 is 34.3 Å². The number of ether oxygens (including phenoxy) is 2. The summed E-state index contributed by atoms with van der Waals surface area (Å²) < 4.78 is 34.6. The summed E-state index contributed by atoms with van der Waals surface area (Å²) >= 11 is 6.01. The van der Waals surface area contributed by atoms with Crippen molar-refractivity contribution in [1.29, 1.82) is 0 Å². The minimum absolute atomic E-state index is 0.00427. The summed E-state index contributed by atoms with van der Waals surface area (Å²) in [5.41, 5.74) is 0.742. The summed E-state index contributed by atoms with van der Waals surface area (Å²) in [6, 6.07) is 4.36. The summed E-state index contributed by atoms with van der Waals surface area (Å²) in [4.78, 5) is 31.4. The number of amides is 2. The highest BCUT2D eigenvalue weighted by Gasteiger charge is 2.30. The van der Waals surface area contributed by atoms with Crippen LogP contribution in [0.15, 0.2) is 24.4 Å². The molecule has 2 fully saturated rings. The molecule has 0 atom stereocenters. The molecule has 2 heterocycles. The van der Waals surface area contributed by atoms with Gasteiger partial charge >= 0.3 is 6.61 Å². The Kier molecular flexibility index (Phi) is 7.05. The van der Waals surface area contributed by atoms with Crippen LogP contribution < -0.4 is 10.1 Å². The number of carbonyl (C=O) groups excluding carboxylic acids is 2. The molecule has 10 heteroatoms. The summed E-state index contributed by atoms with van der Waals surface area (Å²) in [6.45, 7) is -0.533. The Morgan fingerprint density at radius 2 is 1.88 bits per heavy atom. The summed E-state index contributed by atoms with van der Waals surface area (Å²) in [7, 11) is 0. The molecule has 1 saturated carbocycles. The fourth-order valence-corrected chi connectivity index (χ4v) is 4.45. The van der Waals surface area contributed by atoms with E-state index in [1.54, 1.807) is 6.07 Å². The van der Waals surface area contributed by atoms with Gasteiger partial charge in [0.2, 0.25) is 5.91 Å². The summed E-state index contributed by atoms with van der Waals surface area (Å²) in [5, 5.41) is 3.57. The quantitative estimate of drug-likeness (QED) is 0.726. The lowest BCUT2D eigenvalue weighted by Gasteiger charge is -2.34. The lowest BCUT2D eigenvalue weighted by molar-refractivity contribution is -0.140. The molecule has 7 nitrogen and oxygen atoms in total. The third-order valence-corrected chi connectivity index (χ3v) is 6.24. The van der Waals surface area contributed by atoms with Crippen LogP contribution in [0, 0.1) is 5.92 Å². The Balaban J connectivity index is 1.35. The average molecular weight is 468 g/mol. The van der Waals surface area contributed by atoms with Gasteiger partial charge in [-0.1, -0.05) is 11.6 Å². The molecule has 0 radical (unpaired) electrons. The number of pyridine rings is 1. The summed E-state index contributed by atoms with van der Waals surface area (Å²) in [5.74, 6) is -0.257. The number of hydrogen-bond acceptors (Lipinski definition) is 5. The van der Waals surface area contributed by atoms with Crippen LogP contribution in [-0.2, 0) is 9.53 Å². The molecule has 1 aliphatic carbocycles. The molecule has 172 valence electrons. The van der Waals surface area contributed by atoms with Gasteiger partial charge in [0, 0.05) is 42.7 Å². The van der Waals surface area contributed by atoms with Crippen molar-refractivity contribution in [2.24, 2.45) is 5.92 Å². The second kappa shape index (κ2) is 9.95. The lowest BCUT2D eigenvalue weighted by atomic mass is 9.85. The van der Waals surface area contributed by atoms with E-state index in [1.165, 1.54) is 18.3 Å². The zero-order chi connectivity index (χ0) is 22.7. The summed E-state index contributed by atoms with van der Waals surface area (Å²) in [6.07, 6.45) is 4.33. The molecule has 2 aliphatic rings. The Hall–Kier alpha value is -2.52. The van der Waals surface area contributed by atoms with Crippen molar-refractivity contribution < 1.29 is 27.8 Å². The lowest BCUT2D eigenvalue weighted by Crippen LogP contribution is -2.46. The van der Waals surface area contributed by atoms with Crippen LogP contribution in [0.4, 0.5) is 8.78 Å². The van der Waals surface area contributed by atoms with E-state index in [9.17, 15) is 18.4 Å². The monoisotopic (exact) mass is 467 g/mol. The number of nitrogens with one attached hydrogen (secondary N) is 1. The Morgan fingerprint density at radius 3 is 2.56 bits per heavy atom. The van der Waals surface area contributed by atoms with Crippen molar-refractivity contribution in [1.82, 2.24) is 15.2 Å². The highest BCUT2D eigenvalue weighted by molar-refractivity contribution is 6.32. The third kappa shape index (κ3) is 5.27. The minimum Gasteiger partial charge on any atom is -0.433 e. The first-order valence-corrected chi connectivity index (χ1v) is 11.0. The normalized spacial score (nSPS) is 21.6. The van der Waals surface area contributed by atoms with Gasteiger partial charge in [0.25, 0.3) is 5.91 Å². The molecule has 0 bridgehead atoms. The Bertz CT molecular complexity index is 993. The molecule has 1 aromatic carbocycles. The number of carbonyl (C=O) groups is 2. The van der Waals surface area contributed by atoms with E-state index in [0.29, 0.717) is 42.8 Å². The second-order valence-corrected chi connectivity index (χ2v) is 8.44. The van der Waals surface area contributed by atoms with E-state index in [1.807, 2.05) is 4.90 Å². The van der Waals surface area contributed by atoms with Crippen LogP contribution in [0.5, 0.6) is 5.75 Å². The number of morpholine rings is 1. The first-order chi connectivity index (χ1) is 15.4. The van der Waals surface area contributed by atoms with Crippen LogP contribution in [0.25, 0.3) is 10.9 Å². The molecule has 2 aromatic rings. The molecule has 1 aromatic heterocycles. The van der Waals surface area contributed by atoms with Gasteiger partial charge in [-0.2, -0.15) is 8.78 Å². The van der Waals surface area contributed by atoms with Crippen LogP contribution in [0.3, 0.4) is 0 Å². The van der Waals surface area contributed by atoms with Crippen LogP contribution in [0.1, 0.15) is 36.0 Å². The van der Waals surface area contributed by atoms with Crippen LogP contribution in [0.2, 0.25) is 5.02 Å². The highest BCUT2D eigenvalue weighted by Crippen LogP contribution is 2.31. The number of nitrogens with zero attached hydrogens (tertiary/aromatic N) is 2. The van der Waals surface area contributed by atoms with Gasteiger partial charge < -0.3 is 19.7 Å². The molecule has 1 N–H and O–H groups in total. The van der Waals surface area contributed by atoms with E-state index >= 15 is 0 Å². The van der Waals surface area contributed by atoms with Crippen LogP contribution >= 0.6 is 11.6 Å². The van der Waals surface area contributed by atoms with Gasteiger partial charge in [-0.15, -0.1) is 0 Å². The third-order valence-electron chi connectivity index (χ3n) is 5.95. The van der Waals surface area contributed by atoms with Gasteiger partial charge in [0.05, 0.1) is 29.3 Å². The smallest absolute Gasteiger partial charge is 0.387 e. The van der Waals surface area contributed by atoms with E-state index in [4.69, 9.17) is 16.3 Å². The maximum Gasteiger partial charge on any atom is 0.387 e. The largest absolute Gasteiger partial charge is 0.433 e. The second-order valence-electron chi connectivity index (χ2n) is 8.04. The average Bonchev–Trinajstić information content (AvgIpc) is 2.79. The first kappa shape index (κ1) is 22.7. The number of aromatic nitrogens is 1. The van der Waals surface area contributed by atoms with Gasteiger partial charge in [0.15, 0.2) is 0 Å². The number of alkyl halides is 2. The Morgan fingerprint density at radius 1 is 1.16 bits per heavy atom. The number of hydrogen-bond donors (Lipinski definition) is 1. The zero-order valence-corrected chi connectivity index (χ0v) is 18.1. The molecule has 32 heavy (non-hydrogen) atoms. The highest BCUT2D eigenvalue weighted by atomic mass is 35.5. The topological polar surface area (TPSA) is 80.8 Å². The van der Waals surface area contributed by atoms with Crippen LogP contribution in [-0.4, -0.2) is 60.7 Å². The number of halogens is 3. The predicted molar refractivity (Wildman–Crippen MR) is 114 cm³/mol. The van der Waals surface area contributed by atoms with Gasteiger partial charge in [-0.25, -0.2) is 0 Å². The van der Waals surface area contributed by atoms with Crippen molar-refractivity contribution in [2.75, 3.05) is 26.3 Å². The molecule has 4 rings (SSSR count). The Labute approximate surface area is 189 Å². The van der Waals surface area contributed by atoms with E-state index in [-0.39, 0.29) is 34.5 Å². The zero-order valence-electron chi connectivity index (χ0n) is 17.4. The van der Waals surface area contributed by atoms with Gasteiger partial charge in [-0.3, -0.25) is 14.6 Å². The number of fused-ring (bicyclic) bond motifs is 1. The molecule has 1 aliphatic heterocycles. The molecular weight excluding hydrogens is 444 g/mol. The van der Waals surface area contributed by atoms with Gasteiger partial charge in [0.1, 0.15) is 5.75 Å². The van der Waals surface area contributed by atoms with Crippen molar-refractivity contribution in [3.63, 3.8) is 0 Å². The standard InChI is InChI=1S/C22H24ClF2N3O4/c23-17-10-14-9-15(12-26-18(14)11-19(17)32-22(24)25)20(29)27-16-3-1-13(2-4-16)21(30)28-5-7-31-8-6-28/h9-13,16,22H,1-8H2,(H,27,29). The van der Waals surface area contributed by atoms with Crippen molar-refractivity contribution in [3.8, 4) is 5.75 Å². The van der Waals surface area contributed by atoms with Crippen molar-refractivity contribution in [3.05, 3.63) is 35.0 Å². The van der Waals surface area contributed by atoms with Gasteiger partial charge in [-0.05, 0) is 37.8 Å². The molecule has 1 saturated heterocycles. The number of rotatable bonds is 5.